The minimum absolute atomic E-state index is 0.140. The number of hydrogen-bond acceptors (Lipinski definition) is 5. The number of fused-ring (bicyclic) bond motifs is 2. The Kier molecular flexibility index (Phi) is 5.33. The number of carbonyl (C=O) groups is 1. The van der Waals surface area contributed by atoms with Crippen LogP contribution < -0.4 is 14.4 Å². The fourth-order valence-corrected chi connectivity index (χ4v) is 6.25. The second-order valence-corrected chi connectivity index (χ2v) is 11.0. The predicted octanol–water partition coefficient (Wildman–Crippen LogP) is 6.44. The zero-order valence-corrected chi connectivity index (χ0v) is 21.3. The highest BCUT2D eigenvalue weighted by Gasteiger charge is 2.59. The van der Waals surface area contributed by atoms with Crippen molar-refractivity contribution in [2.24, 2.45) is 5.92 Å². The van der Waals surface area contributed by atoms with E-state index in [1.54, 1.807) is 12.1 Å². The molecule has 2 aromatic carbocycles. The lowest BCUT2D eigenvalue weighted by atomic mass is 9.52. The van der Waals surface area contributed by atoms with Crippen LogP contribution in [0.2, 0.25) is 0 Å². The van der Waals surface area contributed by atoms with Crippen molar-refractivity contribution in [3.63, 3.8) is 0 Å². The van der Waals surface area contributed by atoms with E-state index in [-0.39, 0.29) is 40.3 Å². The monoisotopic (exact) mass is 561 g/mol. The van der Waals surface area contributed by atoms with Crippen molar-refractivity contribution in [2.75, 3.05) is 11.9 Å². The number of amides is 1. The van der Waals surface area contributed by atoms with E-state index in [4.69, 9.17) is 4.74 Å². The number of carbonyl (C=O) groups excluding carboxylic acids is 1. The van der Waals surface area contributed by atoms with Crippen LogP contribution in [0.15, 0.2) is 42.5 Å². The van der Waals surface area contributed by atoms with Gasteiger partial charge in [0.2, 0.25) is 0 Å². The third-order valence-electron chi connectivity index (χ3n) is 8.28. The average molecular weight is 562 g/mol. The number of hydrogen-bond donors (Lipinski definition) is 0. The number of rotatable bonds is 5. The SMILES string of the molecule is CN(C(=O)c1cccc(-n2nc(C(F)(F)F)c3c2C(OC24CC(C2)C4)CCC3)c1)c1ccc2c(c1)OC(F)(F)O2. The fourth-order valence-electron chi connectivity index (χ4n) is 6.25. The van der Waals surface area contributed by atoms with Crippen molar-refractivity contribution in [2.45, 2.75) is 62.7 Å². The predicted molar refractivity (Wildman–Crippen MR) is 131 cm³/mol. The first-order valence-electron chi connectivity index (χ1n) is 13.1. The second kappa shape index (κ2) is 8.42. The van der Waals surface area contributed by atoms with E-state index in [9.17, 15) is 26.7 Å². The van der Waals surface area contributed by atoms with Crippen LogP contribution in [0.4, 0.5) is 27.6 Å². The van der Waals surface area contributed by atoms with Crippen molar-refractivity contribution >= 4 is 11.6 Å². The van der Waals surface area contributed by atoms with E-state index < -0.39 is 30.2 Å². The second-order valence-electron chi connectivity index (χ2n) is 11.0. The maximum absolute atomic E-state index is 14.1. The van der Waals surface area contributed by atoms with Gasteiger partial charge in [-0.1, -0.05) is 6.07 Å². The zero-order chi connectivity index (χ0) is 28.0. The molecule has 7 nitrogen and oxygen atoms in total. The van der Waals surface area contributed by atoms with Gasteiger partial charge in [-0.2, -0.15) is 18.3 Å². The molecular weight excluding hydrogens is 537 g/mol. The summed E-state index contributed by atoms with van der Waals surface area (Å²) < 4.78 is 85.6. The van der Waals surface area contributed by atoms with Gasteiger partial charge in [-0.15, -0.1) is 8.78 Å². The molecule has 1 aromatic heterocycles. The van der Waals surface area contributed by atoms with E-state index >= 15 is 0 Å². The van der Waals surface area contributed by atoms with Crippen LogP contribution in [-0.2, 0) is 17.3 Å². The smallest absolute Gasteiger partial charge is 0.395 e. The molecule has 0 N–H and O–H groups in total. The largest absolute Gasteiger partial charge is 0.586 e. The lowest BCUT2D eigenvalue weighted by Gasteiger charge is -2.62. The molecule has 3 fully saturated rings. The molecule has 3 aromatic rings. The Bertz CT molecular complexity index is 1520. The lowest BCUT2D eigenvalue weighted by Crippen LogP contribution is -2.60. The molecular formula is C28H24F5N3O4. The maximum atomic E-state index is 14.1. The first-order valence-corrected chi connectivity index (χ1v) is 13.1. The number of ether oxygens (including phenoxy) is 3. The molecule has 3 saturated carbocycles. The normalized spacial score (nSPS) is 25.6. The van der Waals surface area contributed by atoms with Gasteiger partial charge < -0.3 is 19.1 Å². The molecule has 0 radical (unpaired) electrons. The van der Waals surface area contributed by atoms with E-state index in [1.165, 1.54) is 47.0 Å². The summed E-state index contributed by atoms with van der Waals surface area (Å²) in [7, 11) is 1.45. The van der Waals surface area contributed by atoms with Crippen molar-refractivity contribution < 1.29 is 41.0 Å². The van der Waals surface area contributed by atoms with Crippen LogP contribution in [0, 0.1) is 5.92 Å². The van der Waals surface area contributed by atoms with Gasteiger partial charge in [-0.3, -0.25) is 4.79 Å². The molecule has 2 bridgehead atoms. The summed E-state index contributed by atoms with van der Waals surface area (Å²) >= 11 is 0. The molecule has 0 spiro atoms. The first-order chi connectivity index (χ1) is 18.9. The average Bonchev–Trinajstić information content (AvgIpc) is 3.41. The molecule has 210 valence electrons. The number of nitrogens with zero attached hydrogens (tertiary/aromatic N) is 3. The Hall–Kier alpha value is -3.67. The van der Waals surface area contributed by atoms with Gasteiger partial charge in [0, 0.05) is 29.9 Å². The Morgan fingerprint density at radius 2 is 1.85 bits per heavy atom. The standard InChI is InChI=1S/C28H24F5N3O4/c1-35(17-8-9-20-22(11-17)40-28(32,33)39-20)25(37)16-4-2-5-18(10-16)36-23-19(24(34-36)27(29,30)31)6-3-7-21(23)38-26-12-15(13-26)14-26/h2,4-5,8-11,15,21H,3,6-7,12-14H2,1H3. The molecule has 2 heterocycles. The quantitative estimate of drug-likeness (QED) is 0.336. The minimum atomic E-state index is -4.64. The molecule has 1 unspecified atom stereocenters. The lowest BCUT2D eigenvalue weighted by molar-refractivity contribution is -0.286. The summed E-state index contributed by atoms with van der Waals surface area (Å²) in [5.41, 5.74) is 0.0851. The maximum Gasteiger partial charge on any atom is 0.586 e. The Morgan fingerprint density at radius 1 is 1.10 bits per heavy atom. The van der Waals surface area contributed by atoms with Gasteiger partial charge in [-0.05, 0) is 74.8 Å². The summed E-state index contributed by atoms with van der Waals surface area (Å²) in [5, 5.41) is 4.01. The molecule has 8 rings (SSSR count). The highest BCUT2D eigenvalue weighted by atomic mass is 19.4. The summed E-state index contributed by atoms with van der Waals surface area (Å²) in [6, 6.07) is 10.1. The third kappa shape index (κ3) is 4.03. The van der Waals surface area contributed by atoms with Gasteiger partial charge in [0.05, 0.1) is 17.0 Å². The fraction of sp³-hybridized carbons (Fsp3) is 0.429. The minimum Gasteiger partial charge on any atom is -0.395 e. The summed E-state index contributed by atoms with van der Waals surface area (Å²) in [6.45, 7) is 0. The third-order valence-corrected chi connectivity index (χ3v) is 8.28. The highest BCUT2D eigenvalue weighted by Crippen LogP contribution is 2.61. The van der Waals surface area contributed by atoms with Crippen LogP contribution in [-0.4, -0.2) is 34.6 Å². The topological polar surface area (TPSA) is 65.8 Å². The molecule has 40 heavy (non-hydrogen) atoms. The van der Waals surface area contributed by atoms with E-state index in [0.717, 1.165) is 19.3 Å². The number of halogens is 5. The number of benzene rings is 2. The zero-order valence-electron chi connectivity index (χ0n) is 21.3. The van der Waals surface area contributed by atoms with Crippen molar-refractivity contribution in [1.29, 1.82) is 0 Å². The summed E-state index contributed by atoms with van der Waals surface area (Å²) in [4.78, 5) is 14.6. The van der Waals surface area contributed by atoms with E-state index in [0.29, 0.717) is 30.1 Å². The molecule has 12 heteroatoms. The van der Waals surface area contributed by atoms with Crippen LogP contribution in [0.25, 0.3) is 5.69 Å². The molecule has 5 aliphatic rings. The van der Waals surface area contributed by atoms with Crippen LogP contribution in [0.5, 0.6) is 11.5 Å². The highest BCUT2D eigenvalue weighted by molar-refractivity contribution is 6.06. The summed E-state index contributed by atoms with van der Waals surface area (Å²) in [6.07, 6.45) is -4.75. The summed E-state index contributed by atoms with van der Waals surface area (Å²) in [5.74, 6) is -0.226. The van der Waals surface area contributed by atoms with E-state index in [2.05, 4.69) is 14.6 Å². The van der Waals surface area contributed by atoms with Crippen LogP contribution in [0.1, 0.15) is 65.5 Å². The first kappa shape index (κ1) is 25.3. The Morgan fingerprint density at radius 3 is 2.55 bits per heavy atom. The molecule has 0 saturated heterocycles. The van der Waals surface area contributed by atoms with E-state index in [1.807, 2.05) is 0 Å². The van der Waals surface area contributed by atoms with Gasteiger partial charge in [-0.25, -0.2) is 4.68 Å². The van der Waals surface area contributed by atoms with Crippen molar-refractivity contribution in [3.8, 4) is 17.2 Å². The molecule has 1 aliphatic heterocycles. The van der Waals surface area contributed by atoms with Crippen molar-refractivity contribution in [3.05, 3.63) is 65.0 Å². The van der Waals surface area contributed by atoms with Gasteiger partial charge in [0.15, 0.2) is 17.2 Å². The van der Waals surface area contributed by atoms with Crippen LogP contribution in [0.3, 0.4) is 0 Å². The molecule has 1 atom stereocenters. The Balaban J connectivity index is 1.22. The van der Waals surface area contributed by atoms with Crippen molar-refractivity contribution in [1.82, 2.24) is 9.78 Å². The van der Waals surface area contributed by atoms with Crippen LogP contribution >= 0.6 is 0 Å². The van der Waals surface area contributed by atoms with Gasteiger partial charge >= 0.3 is 12.5 Å². The van der Waals surface area contributed by atoms with Gasteiger partial charge in [0.25, 0.3) is 5.91 Å². The molecule has 4 aliphatic carbocycles. The van der Waals surface area contributed by atoms with Gasteiger partial charge in [0.1, 0.15) is 6.10 Å². The Labute approximate surface area is 225 Å². The molecule has 1 amide bonds. The number of alkyl halides is 5. The number of anilines is 1. The number of aromatic nitrogens is 2.